The summed E-state index contributed by atoms with van der Waals surface area (Å²) < 4.78 is 29.1. The van der Waals surface area contributed by atoms with E-state index < -0.39 is 74.0 Å². The fraction of sp³-hybridized carbons (Fsp3) is 0.906. The van der Waals surface area contributed by atoms with E-state index in [1.807, 2.05) is 6.92 Å². The van der Waals surface area contributed by atoms with Gasteiger partial charge in [-0.2, -0.15) is 0 Å². The Bertz CT molecular complexity index is 827. The number of esters is 1. The Morgan fingerprint density at radius 2 is 1.36 bits per heavy atom. The van der Waals surface area contributed by atoms with Crippen LogP contribution in [0.15, 0.2) is 12.2 Å². The van der Waals surface area contributed by atoms with E-state index in [1.165, 1.54) is 0 Å². The second kappa shape index (κ2) is 20.1. The zero-order valence-corrected chi connectivity index (χ0v) is 26.2. The molecule has 11 atom stereocenters. The zero-order chi connectivity index (χ0) is 31.9. The lowest BCUT2D eigenvalue weighted by atomic mass is 9.97. The van der Waals surface area contributed by atoms with Gasteiger partial charge in [0, 0.05) is 6.42 Å². The van der Waals surface area contributed by atoms with E-state index in [0.29, 0.717) is 12.8 Å². The molecule has 0 spiro atoms. The number of fused-ring (bicyclic) bond motifs is 3. The number of carbonyl (C=O) groups excluding carboxylic acids is 1. The Morgan fingerprint density at radius 3 is 2.05 bits per heavy atom. The largest absolute Gasteiger partial charge is 0.463 e. The summed E-state index contributed by atoms with van der Waals surface area (Å²) in [6.45, 7) is 1.08. The van der Waals surface area contributed by atoms with Crippen molar-refractivity contribution in [1.29, 1.82) is 0 Å². The summed E-state index contributed by atoms with van der Waals surface area (Å²) in [6.07, 6.45) is 3.16. The Morgan fingerprint density at radius 1 is 0.705 bits per heavy atom. The maximum atomic E-state index is 12.3. The maximum Gasteiger partial charge on any atom is 0.305 e. The number of ether oxygens (including phenoxy) is 5. The van der Waals surface area contributed by atoms with Gasteiger partial charge >= 0.3 is 5.97 Å². The normalized spacial score (nSPS) is 40.1. The van der Waals surface area contributed by atoms with Crippen LogP contribution in [0.1, 0.15) is 103 Å². The van der Waals surface area contributed by atoms with E-state index in [-0.39, 0.29) is 19.1 Å². The molecule has 0 radical (unpaired) electrons. The van der Waals surface area contributed by atoms with Gasteiger partial charge in [-0.15, -0.1) is 0 Å². The van der Waals surface area contributed by atoms with Gasteiger partial charge in [-0.25, -0.2) is 0 Å². The molecule has 3 aliphatic rings. The van der Waals surface area contributed by atoms with Crippen molar-refractivity contribution in [3.8, 4) is 0 Å². The van der Waals surface area contributed by atoms with E-state index in [2.05, 4.69) is 12.2 Å². The topological polar surface area (TPSA) is 185 Å². The van der Waals surface area contributed by atoms with Crippen LogP contribution in [0, 0.1) is 0 Å². The summed E-state index contributed by atoms with van der Waals surface area (Å²) in [6, 6.07) is 0. The third-order valence-electron chi connectivity index (χ3n) is 8.70. The molecule has 12 heteroatoms. The molecule has 2 bridgehead atoms. The first-order valence-corrected chi connectivity index (χ1v) is 16.7. The van der Waals surface area contributed by atoms with Gasteiger partial charge in [0.05, 0.1) is 12.7 Å². The fourth-order valence-electron chi connectivity index (χ4n) is 5.96. The number of hydrogen-bond donors (Lipinski definition) is 6. The molecule has 3 aliphatic heterocycles. The summed E-state index contributed by atoms with van der Waals surface area (Å²) in [7, 11) is 0. The first-order valence-electron chi connectivity index (χ1n) is 16.7. The van der Waals surface area contributed by atoms with Crippen molar-refractivity contribution in [2.24, 2.45) is 0 Å². The minimum absolute atomic E-state index is 0.210. The first-order chi connectivity index (χ1) is 21.3. The van der Waals surface area contributed by atoms with Gasteiger partial charge in [0.15, 0.2) is 12.6 Å². The summed E-state index contributed by atoms with van der Waals surface area (Å²) in [4.78, 5) is 12.3. The Kier molecular flexibility index (Phi) is 17.1. The van der Waals surface area contributed by atoms with Gasteiger partial charge in [0.1, 0.15) is 55.4 Å². The molecule has 3 rings (SSSR count). The van der Waals surface area contributed by atoms with Crippen molar-refractivity contribution < 1.29 is 59.1 Å². The lowest BCUT2D eigenvalue weighted by molar-refractivity contribution is -0.372. The van der Waals surface area contributed by atoms with Gasteiger partial charge in [-0.05, 0) is 44.9 Å². The molecule has 0 unspecified atom stereocenters. The molecule has 0 aromatic heterocycles. The zero-order valence-electron chi connectivity index (χ0n) is 26.2. The third-order valence-corrected chi connectivity index (χ3v) is 8.70. The van der Waals surface area contributed by atoms with Gasteiger partial charge in [0.2, 0.25) is 0 Å². The smallest absolute Gasteiger partial charge is 0.305 e. The molecule has 0 aromatic rings. The molecule has 6 N–H and O–H groups in total. The molecule has 2 saturated heterocycles. The summed E-state index contributed by atoms with van der Waals surface area (Å²) in [5, 5.41) is 63.1. The molecule has 0 amide bonds. The summed E-state index contributed by atoms with van der Waals surface area (Å²) in [5.41, 5.74) is 0. The molecular weight excluding hydrogens is 576 g/mol. The van der Waals surface area contributed by atoms with Crippen LogP contribution in [0.4, 0.5) is 0 Å². The lowest BCUT2D eigenvalue weighted by Crippen LogP contribution is -2.65. The van der Waals surface area contributed by atoms with Crippen molar-refractivity contribution in [3.05, 3.63) is 12.2 Å². The van der Waals surface area contributed by atoms with E-state index >= 15 is 0 Å². The van der Waals surface area contributed by atoms with Crippen LogP contribution in [0.5, 0.6) is 0 Å². The molecule has 12 nitrogen and oxygen atoms in total. The van der Waals surface area contributed by atoms with Crippen molar-refractivity contribution in [3.63, 3.8) is 0 Å². The van der Waals surface area contributed by atoms with Gasteiger partial charge in [-0.1, -0.05) is 64.0 Å². The number of aliphatic hydroxyl groups is 6. The van der Waals surface area contributed by atoms with Crippen molar-refractivity contribution in [2.45, 2.75) is 171 Å². The van der Waals surface area contributed by atoms with E-state index in [0.717, 1.165) is 77.0 Å². The van der Waals surface area contributed by atoms with E-state index in [9.17, 15) is 35.4 Å². The number of aliphatic hydroxyl groups excluding tert-OH is 6. The van der Waals surface area contributed by atoms with Crippen molar-refractivity contribution >= 4 is 5.97 Å². The SMILES string of the molecule is CCC[C@H]1CCCCCCC=CCCCCCCCC(=O)OC[C@H]2O[C@@H](O[C@H]3[C@H](O1)O[C@H](CO)[C@@H](O)[C@@H]3O)[C@H](O)[C@@H](O)[C@@H]2O. The highest BCUT2D eigenvalue weighted by Crippen LogP contribution is 2.31. The Hall–Kier alpha value is -1.19. The first kappa shape index (κ1) is 37.3. The number of rotatable bonds is 3. The highest BCUT2D eigenvalue weighted by atomic mass is 16.8. The lowest BCUT2D eigenvalue weighted by Gasteiger charge is -2.46. The van der Waals surface area contributed by atoms with Crippen LogP contribution in [0.2, 0.25) is 0 Å². The van der Waals surface area contributed by atoms with E-state index in [4.69, 9.17) is 23.7 Å². The highest BCUT2D eigenvalue weighted by Gasteiger charge is 2.51. The second-order valence-corrected chi connectivity index (χ2v) is 12.3. The molecule has 44 heavy (non-hydrogen) atoms. The van der Waals surface area contributed by atoms with Crippen LogP contribution >= 0.6 is 0 Å². The third kappa shape index (κ3) is 11.6. The van der Waals surface area contributed by atoms with Crippen LogP contribution in [-0.2, 0) is 28.5 Å². The standard InChI is InChI=1S/C32H56O12/c1-2-16-21-17-14-12-10-8-6-4-3-5-7-9-11-13-15-18-24(34)40-20-23-26(36)27(37)29(39)31(43-23)44-30-28(38)25(35)22(19-33)42-32(30)41-21/h3-4,21-23,25-33,35-39H,2,5-20H2,1H3/t21-,22+,23+,25+,26+,27-,28-,29+,30+,31-,32+/m0/s1. The number of allylic oxidation sites excluding steroid dienone is 2. The number of hydrogen-bond acceptors (Lipinski definition) is 12. The van der Waals surface area contributed by atoms with E-state index in [1.54, 1.807) is 0 Å². The second-order valence-electron chi connectivity index (χ2n) is 12.3. The van der Waals surface area contributed by atoms with Crippen molar-refractivity contribution in [2.75, 3.05) is 13.2 Å². The van der Waals surface area contributed by atoms with Crippen LogP contribution in [-0.4, -0.2) is 117 Å². The molecule has 3 heterocycles. The molecule has 0 aromatic carbocycles. The molecule has 0 aliphatic carbocycles. The quantitative estimate of drug-likeness (QED) is 0.197. The fourth-order valence-corrected chi connectivity index (χ4v) is 5.96. The summed E-state index contributed by atoms with van der Waals surface area (Å²) in [5.74, 6) is -0.465. The van der Waals surface area contributed by atoms with Crippen LogP contribution in [0.3, 0.4) is 0 Å². The number of carbonyl (C=O) groups is 1. The average molecular weight is 633 g/mol. The Balaban J connectivity index is 1.74. The van der Waals surface area contributed by atoms with Gasteiger partial charge < -0.3 is 54.3 Å². The predicted octanol–water partition coefficient (Wildman–Crippen LogP) is 1.99. The number of cyclic esters (lactones) is 1. The maximum absolute atomic E-state index is 12.3. The molecule has 256 valence electrons. The summed E-state index contributed by atoms with van der Waals surface area (Å²) >= 11 is 0. The van der Waals surface area contributed by atoms with Gasteiger partial charge in [-0.3, -0.25) is 4.79 Å². The monoisotopic (exact) mass is 632 g/mol. The average Bonchev–Trinajstić information content (AvgIpc) is 3.01. The molecule has 0 saturated carbocycles. The van der Waals surface area contributed by atoms with Crippen LogP contribution < -0.4 is 0 Å². The minimum Gasteiger partial charge on any atom is -0.463 e. The minimum atomic E-state index is -1.73. The van der Waals surface area contributed by atoms with Crippen molar-refractivity contribution in [1.82, 2.24) is 0 Å². The molecule has 2 fully saturated rings. The predicted molar refractivity (Wildman–Crippen MR) is 159 cm³/mol. The van der Waals surface area contributed by atoms with Gasteiger partial charge in [0.25, 0.3) is 0 Å². The van der Waals surface area contributed by atoms with Crippen LogP contribution in [0.25, 0.3) is 0 Å². The molecular formula is C32H56O12. The Labute approximate surface area is 261 Å². The highest BCUT2D eigenvalue weighted by molar-refractivity contribution is 5.69.